The third-order valence-corrected chi connectivity index (χ3v) is 5.23. The van der Waals surface area contributed by atoms with Crippen LogP contribution in [0.25, 0.3) is 22.3 Å². The van der Waals surface area contributed by atoms with Crippen molar-refractivity contribution in [2.75, 3.05) is 13.1 Å². The Kier molecular flexibility index (Phi) is 5.25. The van der Waals surface area contributed by atoms with Crippen LogP contribution in [-0.4, -0.2) is 50.1 Å². The average Bonchev–Trinajstić information content (AvgIpc) is 3.34. The molecule has 3 heterocycles. The number of hydrogen-bond donors (Lipinski definition) is 0. The quantitative estimate of drug-likeness (QED) is 0.649. The van der Waals surface area contributed by atoms with Gasteiger partial charge in [-0.3, -0.25) is 4.68 Å². The predicted molar refractivity (Wildman–Crippen MR) is 109 cm³/mol. The maximum absolute atomic E-state index is 12.0. The molecule has 0 radical (unpaired) electrons. The number of likely N-dealkylation sites (tertiary alicyclic amines) is 1. The number of piperidine rings is 1. The molecule has 29 heavy (non-hydrogen) atoms. The van der Waals surface area contributed by atoms with E-state index in [1.54, 1.807) is 4.90 Å². The molecule has 4 rings (SSSR count). The highest BCUT2D eigenvalue weighted by Gasteiger charge is 2.28. The van der Waals surface area contributed by atoms with Crippen LogP contribution in [0.5, 0.6) is 0 Å². The largest absolute Gasteiger partial charge is 0.447 e. The fraction of sp³-hybridized carbons (Fsp3) is 0.524. The molecule has 1 aliphatic heterocycles. The van der Waals surface area contributed by atoms with Crippen LogP contribution in [0.2, 0.25) is 0 Å². The molecule has 0 atom stereocenters. The van der Waals surface area contributed by atoms with Crippen molar-refractivity contribution in [1.82, 2.24) is 24.8 Å². The molecule has 0 spiro atoms. The van der Waals surface area contributed by atoms with Crippen molar-refractivity contribution >= 4 is 17.0 Å². The van der Waals surface area contributed by atoms with Crippen LogP contribution in [0.1, 0.15) is 58.4 Å². The third-order valence-electron chi connectivity index (χ3n) is 5.23. The van der Waals surface area contributed by atoms with Crippen LogP contribution in [0.4, 0.5) is 4.79 Å². The van der Waals surface area contributed by atoms with Crippen molar-refractivity contribution in [1.29, 1.82) is 0 Å². The summed E-state index contributed by atoms with van der Waals surface area (Å²) in [6, 6.07) is 6.36. The van der Waals surface area contributed by atoms with E-state index in [1.165, 1.54) is 0 Å². The number of carbonyl (C=O) groups excluding carboxylic acids is 1. The highest BCUT2D eigenvalue weighted by Crippen LogP contribution is 2.30. The van der Waals surface area contributed by atoms with Crippen molar-refractivity contribution in [3.05, 3.63) is 30.3 Å². The van der Waals surface area contributed by atoms with Gasteiger partial charge in [0.1, 0.15) is 0 Å². The van der Waals surface area contributed by atoms with Crippen LogP contribution in [-0.2, 0) is 4.74 Å². The second-order valence-corrected chi connectivity index (χ2v) is 8.11. The molecule has 1 aromatic carbocycles. The summed E-state index contributed by atoms with van der Waals surface area (Å²) in [5.74, 6) is 1.37. The Morgan fingerprint density at radius 2 is 1.97 bits per heavy atom. The van der Waals surface area contributed by atoms with E-state index >= 15 is 0 Å². The summed E-state index contributed by atoms with van der Waals surface area (Å²) in [6.45, 7) is 9.19. The molecule has 8 heteroatoms. The molecular weight excluding hydrogens is 370 g/mol. The summed E-state index contributed by atoms with van der Waals surface area (Å²) in [5.41, 5.74) is 1.97. The van der Waals surface area contributed by atoms with Gasteiger partial charge in [-0.2, -0.15) is 10.1 Å². The molecule has 2 aromatic heterocycles. The van der Waals surface area contributed by atoms with Gasteiger partial charge in [0.05, 0.1) is 17.8 Å². The molecule has 1 saturated heterocycles. The first-order valence-electron chi connectivity index (χ1n) is 10.2. The van der Waals surface area contributed by atoms with Gasteiger partial charge >= 0.3 is 6.09 Å². The molecule has 0 unspecified atom stereocenters. The van der Waals surface area contributed by atoms with Crippen LogP contribution >= 0.6 is 0 Å². The number of nitrogens with zero attached hydrogens (tertiary/aromatic N) is 5. The summed E-state index contributed by atoms with van der Waals surface area (Å²) in [7, 11) is 0. The lowest BCUT2D eigenvalue weighted by molar-refractivity contribution is 0.0677. The molecule has 0 aliphatic carbocycles. The van der Waals surface area contributed by atoms with Gasteiger partial charge in [-0.1, -0.05) is 17.3 Å². The molecule has 8 nitrogen and oxygen atoms in total. The number of fused-ring (bicyclic) bond motifs is 1. The fourth-order valence-corrected chi connectivity index (χ4v) is 3.69. The summed E-state index contributed by atoms with van der Waals surface area (Å²) >= 11 is 0. The lowest BCUT2D eigenvalue weighted by Crippen LogP contribution is -2.39. The Balaban J connectivity index is 1.47. The van der Waals surface area contributed by atoms with E-state index in [4.69, 9.17) is 9.26 Å². The van der Waals surface area contributed by atoms with Gasteiger partial charge in [-0.05, 0) is 46.6 Å². The number of benzene rings is 1. The standard InChI is InChI=1S/C21H27N5O3/c1-13(2)26-18-11-16(5-6-17(18)12-22-26)19-23-20(29-24-19)15-7-9-25(10-8-15)21(27)28-14(3)4/h5-6,11-15H,7-10H2,1-4H3. The van der Waals surface area contributed by atoms with Gasteiger partial charge in [0.25, 0.3) is 0 Å². The molecule has 1 fully saturated rings. The SMILES string of the molecule is CC(C)OC(=O)N1CCC(c2nc(-c3ccc4cnn(C(C)C)c4c3)no2)CC1. The van der Waals surface area contributed by atoms with E-state index in [2.05, 4.69) is 35.2 Å². The average molecular weight is 397 g/mol. The van der Waals surface area contributed by atoms with Gasteiger partial charge < -0.3 is 14.2 Å². The van der Waals surface area contributed by atoms with Gasteiger partial charge in [0.2, 0.25) is 11.7 Å². The number of amides is 1. The van der Waals surface area contributed by atoms with E-state index < -0.39 is 0 Å². The zero-order chi connectivity index (χ0) is 20.5. The van der Waals surface area contributed by atoms with Crippen LogP contribution < -0.4 is 0 Å². The van der Waals surface area contributed by atoms with Crippen LogP contribution in [0.15, 0.2) is 28.9 Å². The van der Waals surface area contributed by atoms with E-state index in [-0.39, 0.29) is 24.2 Å². The van der Waals surface area contributed by atoms with E-state index in [1.807, 2.05) is 36.9 Å². The van der Waals surface area contributed by atoms with E-state index in [0.29, 0.717) is 24.8 Å². The molecule has 0 saturated carbocycles. The van der Waals surface area contributed by atoms with Gasteiger partial charge in [0.15, 0.2) is 0 Å². The van der Waals surface area contributed by atoms with Gasteiger partial charge in [-0.15, -0.1) is 0 Å². The number of carbonyl (C=O) groups is 1. The summed E-state index contributed by atoms with van der Waals surface area (Å²) in [4.78, 5) is 18.4. The minimum absolute atomic E-state index is 0.108. The van der Waals surface area contributed by atoms with E-state index in [0.717, 1.165) is 29.3 Å². The highest BCUT2D eigenvalue weighted by molar-refractivity contribution is 5.83. The van der Waals surface area contributed by atoms with Gasteiger partial charge in [0, 0.05) is 36.0 Å². The lowest BCUT2D eigenvalue weighted by Gasteiger charge is -2.30. The smallest absolute Gasteiger partial charge is 0.410 e. The van der Waals surface area contributed by atoms with Crippen molar-refractivity contribution in [3.63, 3.8) is 0 Å². The molecule has 1 aliphatic rings. The molecule has 3 aromatic rings. The number of aromatic nitrogens is 4. The molecule has 0 N–H and O–H groups in total. The lowest BCUT2D eigenvalue weighted by atomic mass is 9.97. The second kappa shape index (κ2) is 7.85. The second-order valence-electron chi connectivity index (χ2n) is 8.11. The minimum atomic E-state index is -0.250. The highest BCUT2D eigenvalue weighted by atomic mass is 16.6. The Hall–Kier alpha value is -2.90. The Labute approximate surface area is 169 Å². The maximum Gasteiger partial charge on any atom is 0.410 e. The monoisotopic (exact) mass is 397 g/mol. The normalized spacial score (nSPS) is 15.6. The molecule has 0 bridgehead atoms. The first kappa shape index (κ1) is 19.4. The molecule has 1 amide bonds. The van der Waals surface area contributed by atoms with Crippen LogP contribution in [0.3, 0.4) is 0 Å². The third kappa shape index (κ3) is 3.97. The number of rotatable bonds is 4. The van der Waals surface area contributed by atoms with Crippen molar-refractivity contribution < 1.29 is 14.1 Å². The first-order chi connectivity index (χ1) is 13.9. The Morgan fingerprint density at radius 3 is 2.66 bits per heavy atom. The maximum atomic E-state index is 12.0. The topological polar surface area (TPSA) is 86.3 Å². The molecule has 154 valence electrons. The van der Waals surface area contributed by atoms with E-state index in [9.17, 15) is 4.79 Å². The Morgan fingerprint density at radius 1 is 1.21 bits per heavy atom. The zero-order valence-corrected chi connectivity index (χ0v) is 17.3. The fourth-order valence-electron chi connectivity index (χ4n) is 3.69. The number of hydrogen-bond acceptors (Lipinski definition) is 6. The molecular formula is C21H27N5O3. The van der Waals surface area contributed by atoms with Crippen molar-refractivity contribution in [3.8, 4) is 11.4 Å². The first-order valence-corrected chi connectivity index (χ1v) is 10.2. The zero-order valence-electron chi connectivity index (χ0n) is 17.3. The summed E-state index contributed by atoms with van der Waals surface area (Å²) in [6.07, 6.45) is 3.09. The van der Waals surface area contributed by atoms with Crippen molar-refractivity contribution in [2.24, 2.45) is 0 Å². The van der Waals surface area contributed by atoms with Crippen molar-refractivity contribution in [2.45, 2.75) is 58.6 Å². The van der Waals surface area contributed by atoms with Crippen LogP contribution in [0, 0.1) is 0 Å². The number of ether oxygens (including phenoxy) is 1. The predicted octanol–water partition coefficient (Wildman–Crippen LogP) is 4.39. The summed E-state index contributed by atoms with van der Waals surface area (Å²) in [5, 5.41) is 9.75. The van der Waals surface area contributed by atoms with Gasteiger partial charge in [-0.25, -0.2) is 4.79 Å². The minimum Gasteiger partial charge on any atom is -0.447 e. The Bertz CT molecular complexity index is 999. The summed E-state index contributed by atoms with van der Waals surface area (Å²) < 4.78 is 12.8.